The fourth-order valence-electron chi connectivity index (χ4n) is 4.20. The lowest BCUT2D eigenvalue weighted by Crippen LogP contribution is -2.29. The van der Waals surface area contributed by atoms with Crippen LogP contribution >= 0.6 is 0 Å². The van der Waals surface area contributed by atoms with Crippen LogP contribution in [0.5, 0.6) is 5.75 Å². The summed E-state index contributed by atoms with van der Waals surface area (Å²) in [6.07, 6.45) is 5.70. The highest BCUT2D eigenvalue weighted by Gasteiger charge is 2.39. The molecule has 2 heteroatoms. The largest absolute Gasteiger partial charge is 0.508 e. The first-order valence-corrected chi connectivity index (χ1v) is 7.97. The van der Waals surface area contributed by atoms with E-state index in [9.17, 15) is 5.11 Å². The second kappa shape index (κ2) is 4.91. The van der Waals surface area contributed by atoms with Gasteiger partial charge in [0.25, 0.3) is 0 Å². The topological polar surface area (TPSA) is 32.3 Å². The summed E-state index contributed by atoms with van der Waals surface area (Å²) in [5, 5.41) is 14.0. The van der Waals surface area contributed by atoms with Gasteiger partial charge in [-0.15, -0.1) is 0 Å². The number of nitrogens with one attached hydrogen (secondary N) is 1. The summed E-state index contributed by atoms with van der Waals surface area (Å²) < 4.78 is 0. The molecule has 0 fully saturated rings. The molecule has 0 saturated carbocycles. The van der Waals surface area contributed by atoms with Gasteiger partial charge < -0.3 is 10.4 Å². The molecule has 1 aliphatic carbocycles. The molecule has 0 amide bonds. The van der Waals surface area contributed by atoms with Crippen LogP contribution in [0.1, 0.15) is 40.6 Å². The van der Waals surface area contributed by atoms with Gasteiger partial charge in [0, 0.05) is 17.2 Å². The van der Waals surface area contributed by atoms with E-state index in [-0.39, 0.29) is 6.04 Å². The van der Waals surface area contributed by atoms with Crippen LogP contribution in [0.2, 0.25) is 0 Å². The molecule has 22 heavy (non-hydrogen) atoms. The lowest BCUT2D eigenvalue weighted by molar-refractivity contribution is 0.401. The van der Waals surface area contributed by atoms with Gasteiger partial charge in [-0.2, -0.15) is 0 Å². The first-order valence-electron chi connectivity index (χ1n) is 7.97. The van der Waals surface area contributed by atoms with Crippen LogP contribution in [-0.2, 0) is 0 Å². The van der Waals surface area contributed by atoms with Crippen molar-refractivity contribution in [1.29, 1.82) is 0 Å². The Balaban J connectivity index is 1.86. The van der Waals surface area contributed by atoms with E-state index in [1.807, 2.05) is 18.2 Å². The first kappa shape index (κ1) is 13.4. The lowest BCUT2D eigenvalue weighted by atomic mass is 9.75. The van der Waals surface area contributed by atoms with E-state index in [0.717, 1.165) is 12.0 Å². The molecule has 2 aliphatic rings. The summed E-state index contributed by atoms with van der Waals surface area (Å²) in [5.74, 6) is 1.31. The maximum Gasteiger partial charge on any atom is 0.120 e. The van der Waals surface area contributed by atoms with Crippen LogP contribution in [0.3, 0.4) is 0 Å². The molecule has 0 aromatic heterocycles. The minimum atomic E-state index is 0.162. The maximum atomic E-state index is 10.3. The van der Waals surface area contributed by atoms with Crippen molar-refractivity contribution in [3.63, 3.8) is 0 Å². The number of phenolic OH excluding ortho intramolecular Hbond substituents is 1. The highest BCUT2D eigenvalue weighted by atomic mass is 16.3. The van der Waals surface area contributed by atoms with Gasteiger partial charge in [-0.1, -0.05) is 36.4 Å². The summed E-state index contributed by atoms with van der Waals surface area (Å²) in [7, 11) is 0. The zero-order chi connectivity index (χ0) is 15.3. The second-order valence-corrected chi connectivity index (χ2v) is 6.58. The monoisotopic (exact) mass is 291 g/mol. The minimum Gasteiger partial charge on any atom is -0.508 e. The van der Waals surface area contributed by atoms with Crippen LogP contribution in [0, 0.1) is 19.8 Å². The van der Waals surface area contributed by atoms with Crippen LogP contribution in [0.15, 0.2) is 48.6 Å². The fraction of sp³-hybridized carbons (Fsp3) is 0.300. The number of fused-ring (bicyclic) bond motifs is 3. The third-order valence-corrected chi connectivity index (χ3v) is 5.09. The lowest BCUT2D eigenvalue weighted by Gasteiger charge is -2.38. The van der Waals surface area contributed by atoms with Crippen molar-refractivity contribution in [1.82, 2.24) is 0 Å². The molecule has 2 N–H and O–H groups in total. The summed E-state index contributed by atoms with van der Waals surface area (Å²) in [6, 6.07) is 12.4. The van der Waals surface area contributed by atoms with Gasteiger partial charge in [0.05, 0.1) is 6.04 Å². The fourth-order valence-corrected chi connectivity index (χ4v) is 4.20. The summed E-state index contributed by atoms with van der Waals surface area (Å²) in [4.78, 5) is 0. The molecule has 2 aromatic carbocycles. The molecule has 3 atom stereocenters. The van der Waals surface area contributed by atoms with Gasteiger partial charge in [-0.05, 0) is 55.0 Å². The van der Waals surface area contributed by atoms with Crippen molar-refractivity contribution >= 4 is 5.69 Å². The number of allylic oxidation sites excluding steroid dienone is 2. The smallest absolute Gasteiger partial charge is 0.120 e. The third kappa shape index (κ3) is 1.94. The highest BCUT2D eigenvalue weighted by Crippen LogP contribution is 2.52. The molecule has 112 valence electrons. The molecule has 0 radical (unpaired) electrons. The van der Waals surface area contributed by atoms with E-state index in [0.29, 0.717) is 17.6 Å². The normalized spacial score (nSPS) is 25.5. The number of phenols is 1. The minimum absolute atomic E-state index is 0.162. The van der Waals surface area contributed by atoms with Crippen molar-refractivity contribution in [3.05, 3.63) is 70.8 Å². The number of aryl methyl sites for hydroxylation is 2. The molecular weight excluding hydrogens is 270 g/mol. The zero-order valence-electron chi connectivity index (χ0n) is 13.0. The van der Waals surface area contributed by atoms with E-state index in [1.54, 1.807) is 6.07 Å². The highest BCUT2D eigenvalue weighted by molar-refractivity contribution is 5.64. The molecule has 0 bridgehead atoms. The van der Waals surface area contributed by atoms with Crippen molar-refractivity contribution in [3.8, 4) is 5.75 Å². The molecule has 3 unspecified atom stereocenters. The predicted molar refractivity (Wildman–Crippen MR) is 90.4 cm³/mol. The van der Waals surface area contributed by atoms with E-state index in [2.05, 4.69) is 43.4 Å². The molecule has 0 saturated heterocycles. The third-order valence-electron chi connectivity index (χ3n) is 5.09. The average Bonchev–Trinajstić information content (AvgIpc) is 2.95. The second-order valence-electron chi connectivity index (χ2n) is 6.58. The first-order chi connectivity index (χ1) is 10.6. The van der Waals surface area contributed by atoms with Gasteiger partial charge >= 0.3 is 0 Å². The Bertz CT molecular complexity index is 762. The van der Waals surface area contributed by atoms with Gasteiger partial charge in [0.2, 0.25) is 0 Å². The summed E-state index contributed by atoms with van der Waals surface area (Å²) in [6.45, 7) is 4.34. The number of rotatable bonds is 1. The zero-order valence-corrected chi connectivity index (χ0v) is 13.0. The Morgan fingerprint density at radius 1 is 1.14 bits per heavy atom. The van der Waals surface area contributed by atoms with Gasteiger partial charge in [0.1, 0.15) is 5.75 Å². The predicted octanol–water partition coefficient (Wildman–Crippen LogP) is 4.84. The molecular formula is C20H21NO. The van der Waals surface area contributed by atoms with Crippen LogP contribution in [-0.4, -0.2) is 5.11 Å². The molecule has 2 aromatic rings. The molecule has 1 aliphatic heterocycles. The van der Waals surface area contributed by atoms with E-state index in [4.69, 9.17) is 0 Å². The number of anilines is 1. The van der Waals surface area contributed by atoms with Crippen molar-refractivity contribution in [2.45, 2.75) is 32.2 Å². The van der Waals surface area contributed by atoms with E-state index >= 15 is 0 Å². The van der Waals surface area contributed by atoms with Crippen molar-refractivity contribution in [2.75, 3.05) is 5.32 Å². The Kier molecular flexibility index (Phi) is 3.00. The number of aromatic hydroxyl groups is 1. The number of hydrogen-bond donors (Lipinski definition) is 2. The van der Waals surface area contributed by atoms with Crippen molar-refractivity contribution in [2.24, 2.45) is 5.92 Å². The molecule has 2 nitrogen and oxygen atoms in total. The van der Waals surface area contributed by atoms with Crippen molar-refractivity contribution < 1.29 is 5.11 Å². The van der Waals surface area contributed by atoms with Crippen LogP contribution < -0.4 is 5.32 Å². The summed E-state index contributed by atoms with van der Waals surface area (Å²) in [5.41, 5.74) is 6.29. The van der Waals surface area contributed by atoms with Gasteiger partial charge in [-0.3, -0.25) is 0 Å². The van der Waals surface area contributed by atoms with Gasteiger partial charge in [0.15, 0.2) is 0 Å². The SMILES string of the molecule is Cc1cc(C)c2c(c1)NC(c1ccccc1O)C1CC=CC21. The number of hydrogen-bond acceptors (Lipinski definition) is 2. The Morgan fingerprint density at radius 3 is 2.77 bits per heavy atom. The molecule has 4 rings (SSSR count). The number of benzene rings is 2. The van der Waals surface area contributed by atoms with E-state index in [1.165, 1.54) is 22.4 Å². The Labute approximate surface area is 131 Å². The van der Waals surface area contributed by atoms with Gasteiger partial charge in [-0.25, -0.2) is 0 Å². The van der Waals surface area contributed by atoms with Crippen LogP contribution in [0.25, 0.3) is 0 Å². The van der Waals surface area contributed by atoms with Crippen LogP contribution in [0.4, 0.5) is 5.69 Å². The average molecular weight is 291 g/mol. The quantitative estimate of drug-likeness (QED) is 0.737. The van der Waals surface area contributed by atoms with E-state index < -0.39 is 0 Å². The Morgan fingerprint density at radius 2 is 1.95 bits per heavy atom. The Hall–Kier alpha value is -2.22. The molecule has 1 heterocycles. The summed E-state index contributed by atoms with van der Waals surface area (Å²) >= 11 is 0. The molecule has 0 spiro atoms. The standard InChI is InChI=1S/C20H21NO/c1-12-10-13(2)19-14-7-5-8-15(14)20(21-17(19)11-12)16-6-3-4-9-18(16)22/h3-7,9-11,14-15,20-22H,8H2,1-2H3. The maximum absolute atomic E-state index is 10.3. The number of para-hydroxylation sites is 1.